The predicted molar refractivity (Wildman–Crippen MR) is 51.7 cm³/mol. The van der Waals surface area contributed by atoms with Crippen LogP contribution in [0.15, 0.2) is 24.3 Å². The summed E-state index contributed by atoms with van der Waals surface area (Å²) in [6.07, 6.45) is 0. The molecule has 1 aliphatic rings. The van der Waals surface area contributed by atoms with Gasteiger partial charge < -0.3 is 15.7 Å². The van der Waals surface area contributed by atoms with Crippen LogP contribution in [0.3, 0.4) is 0 Å². The van der Waals surface area contributed by atoms with E-state index >= 15 is 0 Å². The van der Waals surface area contributed by atoms with Crippen molar-refractivity contribution in [2.45, 2.75) is 6.04 Å². The molecule has 70 valence electrons. The Hall–Kier alpha value is -1.06. The summed E-state index contributed by atoms with van der Waals surface area (Å²) < 4.78 is 0. The quantitative estimate of drug-likeness (QED) is 0.591. The Balaban J connectivity index is 2.14. The van der Waals surface area contributed by atoms with Gasteiger partial charge in [0.25, 0.3) is 0 Å². The van der Waals surface area contributed by atoms with Crippen LogP contribution in [0.25, 0.3) is 0 Å². The number of benzene rings is 1. The SMILES string of the molecule is Oc1cccc([C@H]2CNCCN2)c1. The second-order valence-electron chi connectivity index (χ2n) is 3.31. The summed E-state index contributed by atoms with van der Waals surface area (Å²) in [7, 11) is 0. The van der Waals surface area contributed by atoms with Gasteiger partial charge in [-0.2, -0.15) is 0 Å². The van der Waals surface area contributed by atoms with Crippen molar-refractivity contribution in [3.63, 3.8) is 0 Å². The molecular weight excluding hydrogens is 164 g/mol. The number of hydrogen-bond donors (Lipinski definition) is 3. The summed E-state index contributed by atoms with van der Waals surface area (Å²) in [6.45, 7) is 2.94. The minimum Gasteiger partial charge on any atom is -0.508 e. The highest BCUT2D eigenvalue weighted by atomic mass is 16.3. The number of aromatic hydroxyl groups is 1. The fourth-order valence-corrected chi connectivity index (χ4v) is 1.63. The Morgan fingerprint density at radius 3 is 2.92 bits per heavy atom. The van der Waals surface area contributed by atoms with Crippen LogP contribution < -0.4 is 10.6 Å². The van der Waals surface area contributed by atoms with Gasteiger partial charge in [0.1, 0.15) is 5.75 Å². The minimum atomic E-state index is 0.334. The van der Waals surface area contributed by atoms with Gasteiger partial charge in [0.05, 0.1) is 0 Å². The third-order valence-corrected chi connectivity index (χ3v) is 2.31. The molecule has 0 aromatic heterocycles. The van der Waals surface area contributed by atoms with Gasteiger partial charge in [-0.25, -0.2) is 0 Å². The molecule has 0 amide bonds. The van der Waals surface area contributed by atoms with E-state index < -0.39 is 0 Å². The van der Waals surface area contributed by atoms with Crippen LogP contribution in [0.5, 0.6) is 5.75 Å². The molecule has 1 atom stereocenters. The van der Waals surface area contributed by atoms with Crippen molar-refractivity contribution < 1.29 is 5.11 Å². The fraction of sp³-hybridized carbons (Fsp3) is 0.400. The zero-order valence-electron chi connectivity index (χ0n) is 7.46. The van der Waals surface area contributed by atoms with E-state index in [0.717, 1.165) is 25.2 Å². The first-order chi connectivity index (χ1) is 6.36. The number of rotatable bonds is 1. The van der Waals surface area contributed by atoms with E-state index in [0.29, 0.717) is 11.8 Å². The summed E-state index contributed by atoms with van der Waals surface area (Å²) in [4.78, 5) is 0. The lowest BCUT2D eigenvalue weighted by Crippen LogP contribution is -2.42. The predicted octanol–water partition coefficient (Wildman–Crippen LogP) is 0.626. The summed E-state index contributed by atoms with van der Waals surface area (Å²) in [5.74, 6) is 0.338. The molecule has 0 spiro atoms. The number of phenolic OH excluding ortho intramolecular Hbond substituents is 1. The molecule has 1 aromatic rings. The highest BCUT2D eigenvalue weighted by molar-refractivity contribution is 5.29. The Kier molecular flexibility index (Phi) is 2.47. The zero-order chi connectivity index (χ0) is 9.10. The number of nitrogens with one attached hydrogen (secondary N) is 2. The van der Waals surface area contributed by atoms with Crippen LogP contribution in [-0.4, -0.2) is 24.7 Å². The molecule has 3 N–H and O–H groups in total. The lowest BCUT2D eigenvalue weighted by Gasteiger charge is -2.24. The van der Waals surface area contributed by atoms with Crippen molar-refractivity contribution in [2.24, 2.45) is 0 Å². The highest BCUT2D eigenvalue weighted by Crippen LogP contribution is 2.18. The molecule has 1 saturated heterocycles. The third-order valence-electron chi connectivity index (χ3n) is 2.31. The van der Waals surface area contributed by atoms with Crippen LogP contribution in [0, 0.1) is 0 Å². The van der Waals surface area contributed by atoms with Crippen molar-refractivity contribution in [1.82, 2.24) is 10.6 Å². The van der Waals surface area contributed by atoms with E-state index in [1.807, 2.05) is 18.2 Å². The van der Waals surface area contributed by atoms with Gasteiger partial charge in [-0.05, 0) is 17.7 Å². The van der Waals surface area contributed by atoms with E-state index in [1.165, 1.54) is 0 Å². The molecule has 2 rings (SSSR count). The van der Waals surface area contributed by atoms with Gasteiger partial charge in [0, 0.05) is 25.7 Å². The van der Waals surface area contributed by atoms with Crippen molar-refractivity contribution in [2.75, 3.05) is 19.6 Å². The summed E-state index contributed by atoms with van der Waals surface area (Å²) in [5, 5.41) is 16.0. The molecule has 0 unspecified atom stereocenters. The standard InChI is InChI=1S/C10H14N2O/c13-9-3-1-2-8(6-9)10-7-11-4-5-12-10/h1-3,6,10-13H,4-5,7H2/t10-/m1/s1. The minimum absolute atomic E-state index is 0.334. The average Bonchev–Trinajstić information content (AvgIpc) is 2.19. The third kappa shape index (κ3) is 1.99. The van der Waals surface area contributed by atoms with Gasteiger partial charge >= 0.3 is 0 Å². The first-order valence-electron chi connectivity index (χ1n) is 4.59. The number of hydrogen-bond acceptors (Lipinski definition) is 3. The molecule has 0 aliphatic carbocycles. The zero-order valence-corrected chi connectivity index (χ0v) is 7.46. The van der Waals surface area contributed by atoms with Crippen molar-refractivity contribution in [1.29, 1.82) is 0 Å². The van der Waals surface area contributed by atoms with Crippen LogP contribution in [-0.2, 0) is 0 Å². The van der Waals surface area contributed by atoms with E-state index in [2.05, 4.69) is 10.6 Å². The molecule has 1 heterocycles. The average molecular weight is 178 g/mol. The smallest absolute Gasteiger partial charge is 0.115 e. The monoisotopic (exact) mass is 178 g/mol. The lowest BCUT2D eigenvalue weighted by molar-refractivity contribution is 0.426. The molecular formula is C10H14N2O. The topological polar surface area (TPSA) is 44.3 Å². The summed E-state index contributed by atoms with van der Waals surface area (Å²) in [5.41, 5.74) is 1.15. The van der Waals surface area contributed by atoms with E-state index in [9.17, 15) is 5.11 Å². The molecule has 1 aromatic carbocycles. The first kappa shape index (κ1) is 8.53. The van der Waals surface area contributed by atoms with Crippen molar-refractivity contribution in [3.05, 3.63) is 29.8 Å². The molecule has 3 heteroatoms. The van der Waals surface area contributed by atoms with Gasteiger partial charge in [-0.15, -0.1) is 0 Å². The molecule has 1 aliphatic heterocycles. The van der Waals surface area contributed by atoms with Gasteiger partial charge in [-0.1, -0.05) is 12.1 Å². The van der Waals surface area contributed by atoms with Crippen LogP contribution in [0.4, 0.5) is 0 Å². The van der Waals surface area contributed by atoms with E-state index in [4.69, 9.17) is 0 Å². The van der Waals surface area contributed by atoms with Gasteiger partial charge in [0.15, 0.2) is 0 Å². The molecule has 0 saturated carbocycles. The maximum atomic E-state index is 9.30. The maximum Gasteiger partial charge on any atom is 0.115 e. The Labute approximate surface area is 77.8 Å². The Morgan fingerprint density at radius 1 is 1.31 bits per heavy atom. The van der Waals surface area contributed by atoms with Gasteiger partial charge in [0.2, 0.25) is 0 Å². The summed E-state index contributed by atoms with van der Waals surface area (Å²) in [6, 6.07) is 7.75. The normalized spacial score (nSPS) is 22.9. The number of piperazine rings is 1. The number of phenols is 1. The van der Waals surface area contributed by atoms with Crippen LogP contribution >= 0.6 is 0 Å². The van der Waals surface area contributed by atoms with Crippen LogP contribution in [0.1, 0.15) is 11.6 Å². The molecule has 3 nitrogen and oxygen atoms in total. The lowest BCUT2D eigenvalue weighted by atomic mass is 10.1. The molecule has 0 bridgehead atoms. The second-order valence-corrected chi connectivity index (χ2v) is 3.31. The van der Waals surface area contributed by atoms with Crippen molar-refractivity contribution >= 4 is 0 Å². The van der Waals surface area contributed by atoms with E-state index in [-0.39, 0.29) is 0 Å². The van der Waals surface area contributed by atoms with E-state index in [1.54, 1.807) is 6.07 Å². The largest absolute Gasteiger partial charge is 0.508 e. The molecule has 1 fully saturated rings. The molecule has 0 radical (unpaired) electrons. The maximum absolute atomic E-state index is 9.30. The van der Waals surface area contributed by atoms with Crippen molar-refractivity contribution in [3.8, 4) is 5.75 Å². The summed E-state index contributed by atoms with van der Waals surface area (Å²) >= 11 is 0. The first-order valence-corrected chi connectivity index (χ1v) is 4.59. The Morgan fingerprint density at radius 2 is 2.23 bits per heavy atom. The Bertz CT molecular complexity index is 282. The van der Waals surface area contributed by atoms with Gasteiger partial charge in [-0.3, -0.25) is 0 Å². The highest BCUT2D eigenvalue weighted by Gasteiger charge is 2.13. The molecule has 13 heavy (non-hydrogen) atoms. The van der Waals surface area contributed by atoms with Crippen LogP contribution in [0.2, 0.25) is 0 Å². The fourth-order valence-electron chi connectivity index (χ4n) is 1.63. The second kappa shape index (κ2) is 3.77.